The number of amides is 1. The van der Waals surface area contributed by atoms with Crippen LogP contribution in [0.4, 0.5) is 0 Å². The summed E-state index contributed by atoms with van der Waals surface area (Å²) in [7, 11) is 1.39. The van der Waals surface area contributed by atoms with Crippen molar-refractivity contribution in [1.29, 1.82) is 0 Å². The Kier molecular flexibility index (Phi) is 5.40. The first-order chi connectivity index (χ1) is 14.1. The summed E-state index contributed by atoms with van der Waals surface area (Å²) in [6.07, 6.45) is 2.75. The standard InChI is InChI=1S/C21H20ClN3O4/c1-28-21(27)14-8-10-24(11-9-14)20(26)17-13-18(19-3-2-12-29-19)25(23-17)16-6-4-15(22)5-7-16/h2-7,12-14H,8-11H2,1H3. The fourth-order valence-corrected chi connectivity index (χ4v) is 3.64. The smallest absolute Gasteiger partial charge is 0.308 e. The Labute approximate surface area is 172 Å². The summed E-state index contributed by atoms with van der Waals surface area (Å²) in [5.41, 5.74) is 1.76. The third-order valence-corrected chi connectivity index (χ3v) is 5.34. The number of methoxy groups -OCH3 is 1. The number of nitrogens with zero attached hydrogens (tertiary/aromatic N) is 3. The van der Waals surface area contributed by atoms with Crippen molar-refractivity contribution in [3.8, 4) is 17.1 Å². The van der Waals surface area contributed by atoms with Crippen molar-refractivity contribution in [3.05, 3.63) is 59.4 Å². The van der Waals surface area contributed by atoms with E-state index in [1.807, 2.05) is 18.2 Å². The number of likely N-dealkylation sites (tertiary alicyclic amines) is 1. The number of esters is 1. The lowest BCUT2D eigenvalue weighted by Crippen LogP contribution is -2.40. The molecule has 29 heavy (non-hydrogen) atoms. The highest BCUT2D eigenvalue weighted by Gasteiger charge is 2.30. The van der Waals surface area contributed by atoms with Gasteiger partial charge in [-0.1, -0.05) is 11.6 Å². The number of hydrogen-bond acceptors (Lipinski definition) is 5. The Morgan fingerprint density at radius 2 is 1.90 bits per heavy atom. The number of piperidine rings is 1. The predicted octanol–water partition coefficient (Wildman–Crippen LogP) is 3.81. The van der Waals surface area contributed by atoms with E-state index in [0.29, 0.717) is 48.1 Å². The third kappa shape index (κ3) is 3.91. The Bertz CT molecular complexity index is 1000. The van der Waals surface area contributed by atoms with Crippen molar-refractivity contribution in [1.82, 2.24) is 14.7 Å². The molecule has 4 rings (SSSR count). The fourth-order valence-electron chi connectivity index (χ4n) is 3.51. The van der Waals surface area contributed by atoms with Crippen LogP contribution < -0.4 is 0 Å². The van der Waals surface area contributed by atoms with E-state index in [1.54, 1.807) is 40.1 Å². The van der Waals surface area contributed by atoms with E-state index >= 15 is 0 Å². The molecule has 0 radical (unpaired) electrons. The van der Waals surface area contributed by atoms with Crippen LogP contribution in [-0.4, -0.2) is 46.8 Å². The van der Waals surface area contributed by atoms with Gasteiger partial charge in [0.25, 0.3) is 5.91 Å². The lowest BCUT2D eigenvalue weighted by molar-refractivity contribution is -0.146. The molecule has 0 aliphatic carbocycles. The maximum absolute atomic E-state index is 13.0. The number of ether oxygens (including phenoxy) is 1. The zero-order valence-corrected chi connectivity index (χ0v) is 16.6. The summed E-state index contributed by atoms with van der Waals surface area (Å²) in [6, 6.07) is 12.5. The SMILES string of the molecule is COC(=O)C1CCN(C(=O)c2cc(-c3ccco3)n(-c3ccc(Cl)cc3)n2)CC1. The highest BCUT2D eigenvalue weighted by molar-refractivity contribution is 6.30. The van der Waals surface area contributed by atoms with E-state index in [-0.39, 0.29) is 17.8 Å². The number of hydrogen-bond donors (Lipinski definition) is 0. The maximum Gasteiger partial charge on any atom is 0.308 e. The number of carbonyl (C=O) groups excluding carboxylic acids is 2. The van der Waals surface area contributed by atoms with Crippen LogP contribution in [0.3, 0.4) is 0 Å². The highest BCUT2D eigenvalue weighted by atomic mass is 35.5. The van der Waals surface area contributed by atoms with Crippen molar-refractivity contribution in [3.63, 3.8) is 0 Å². The van der Waals surface area contributed by atoms with Crippen molar-refractivity contribution in [2.24, 2.45) is 5.92 Å². The van der Waals surface area contributed by atoms with Gasteiger partial charge in [-0.2, -0.15) is 5.10 Å². The molecule has 1 aliphatic rings. The molecule has 1 amide bonds. The summed E-state index contributed by atoms with van der Waals surface area (Å²) in [4.78, 5) is 26.5. The molecule has 150 valence electrons. The van der Waals surface area contributed by atoms with Crippen LogP contribution in [0.2, 0.25) is 5.02 Å². The van der Waals surface area contributed by atoms with Crippen molar-refractivity contribution in [2.45, 2.75) is 12.8 Å². The maximum atomic E-state index is 13.0. The zero-order chi connectivity index (χ0) is 20.4. The molecule has 0 N–H and O–H groups in total. The van der Waals surface area contributed by atoms with E-state index in [2.05, 4.69) is 5.10 Å². The van der Waals surface area contributed by atoms with Crippen LogP contribution >= 0.6 is 11.6 Å². The van der Waals surface area contributed by atoms with Crippen LogP contribution in [-0.2, 0) is 9.53 Å². The average Bonchev–Trinajstić information content (AvgIpc) is 3.43. The Morgan fingerprint density at radius 1 is 1.17 bits per heavy atom. The van der Waals surface area contributed by atoms with Gasteiger partial charge in [0.1, 0.15) is 5.69 Å². The molecule has 3 heterocycles. The molecule has 0 atom stereocenters. The van der Waals surface area contributed by atoms with Crippen molar-refractivity contribution < 1.29 is 18.7 Å². The van der Waals surface area contributed by atoms with Crippen LogP contribution in [0, 0.1) is 5.92 Å². The molecule has 8 heteroatoms. The molecule has 1 saturated heterocycles. The van der Waals surface area contributed by atoms with Crippen LogP contribution in [0.5, 0.6) is 0 Å². The normalized spacial score (nSPS) is 14.8. The lowest BCUT2D eigenvalue weighted by atomic mass is 9.97. The van der Waals surface area contributed by atoms with Gasteiger partial charge in [-0.05, 0) is 49.2 Å². The lowest BCUT2D eigenvalue weighted by Gasteiger charge is -2.30. The topological polar surface area (TPSA) is 77.6 Å². The zero-order valence-electron chi connectivity index (χ0n) is 15.9. The van der Waals surface area contributed by atoms with E-state index in [9.17, 15) is 9.59 Å². The summed E-state index contributed by atoms with van der Waals surface area (Å²) in [5.74, 6) is 0.0586. The molecule has 0 saturated carbocycles. The molecule has 3 aromatic rings. The predicted molar refractivity (Wildman–Crippen MR) is 107 cm³/mol. The first kappa shape index (κ1) is 19.3. The third-order valence-electron chi connectivity index (χ3n) is 5.09. The summed E-state index contributed by atoms with van der Waals surface area (Å²) >= 11 is 6.00. The van der Waals surface area contributed by atoms with Gasteiger partial charge in [-0.15, -0.1) is 0 Å². The molecular weight excluding hydrogens is 394 g/mol. The van der Waals surface area contributed by atoms with Gasteiger partial charge in [0.2, 0.25) is 0 Å². The van der Waals surface area contributed by atoms with E-state index in [1.165, 1.54) is 7.11 Å². The summed E-state index contributed by atoms with van der Waals surface area (Å²) in [6.45, 7) is 0.977. The first-order valence-corrected chi connectivity index (χ1v) is 9.71. The van der Waals surface area contributed by atoms with Gasteiger partial charge in [0.05, 0.1) is 25.0 Å². The number of furan rings is 1. The first-order valence-electron chi connectivity index (χ1n) is 9.34. The largest absolute Gasteiger partial charge is 0.469 e. The summed E-state index contributed by atoms with van der Waals surface area (Å²) < 4.78 is 12.0. The number of aromatic nitrogens is 2. The number of rotatable bonds is 4. The Morgan fingerprint density at radius 3 is 2.52 bits per heavy atom. The monoisotopic (exact) mass is 413 g/mol. The molecule has 0 spiro atoms. The minimum absolute atomic E-state index is 0.158. The average molecular weight is 414 g/mol. The van der Waals surface area contributed by atoms with Crippen LogP contribution in [0.25, 0.3) is 17.1 Å². The van der Waals surface area contributed by atoms with Gasteiger partial charge in [-0.3, -0.25) is 9.59 Å². The van der Waals surface area contributed by atoms with E-state index in [4.69, 9.17) is 20.8 Å². The molecule has 1 fully saturated rings. The molecule has 1 aliphatic heterocycles. The highest BCUT2D eigenvalue weighted by Crippen LogP contribution is 2.27. The molecule has 7 nitrogen and oxygen atoms in total. The second-order valence-electron chi connectivity index (χ2n) is 6.87. The van der Waals surface area contributed by atoms with Gasteiger partial charge < -0.3 is 14.1 Å². The van der Waals surface area contributed by atoms with Gasteiger partial charge >= 0.3 is 5.97 Å². The van der Waals surface area contributed by atoms with Gasteiger partial charge in [0, 0.05) is 24.2 Å². The Balaban J connectivity index is 1.61. The minimum Gasteiger partial charge on any atom is -0.469 e. The van der Waals surface area contributed by atoms with Crippen molar-refractivity contribution in [2.75, 3.05) is 20.2 Å². The minimum atomic E-state index is -0.218. The number of carbonyl (C=O) groups is 2. The fraction of sp³-hybridized carbons (Fsp3) is 0.286. The molecular formula is C21H20ClN3O4. The second-order valence-corrected chi connectivity index (χ2v) is 7.31. The second kappa shape index (κ2) is 8.13. The number of benzene rings is 1. The van der Waals surface area contributed by atoms with Crippen molar-refractivity contribution >= 4 is 23.5 Å². The van der Waals surface area contributed by atoms with E-state index < -0.39 is 0 Å². The summed E-state index contributed by atoms with van der Waals surface area (Å²) in [5, 5.41) is 5.16. The van der Waals surface area contributed by atoms with Gasteiger partial charge in [-0.25, -0.2) is 4.68 Å². The Hall–Kier alpha value is -3.06. The molecule has 0 unspecified atom stereocenters. The van der Waals surface area contributed by atoms with E-state index in [0.717, 1.165) is 5.69 Å². The molecule has 2 aromatic heterocycles. The molecule has 0 bridgehead atoms. The quantitative estimate of drug-likeness (QED) is 0.608. The van der Waals surface area contributed by atoms with Crippen LogP contribution in [0.15, 0.2) is 53.1 Å². The molecule has 1 aromatic carbocycles. The van der Waals surface area contributed by atoms with Crippen LogP contribution in [0.1, 0.15) is 23.3 Å². The number of halogens is 1. The van der Waals surface area contributed by atoms with Gasteiger partial charge in [0.15, 0.2) is 11.5 Å².